The molecule has 0 atom stereocenters. The number of hydrogen-bond acceptors (Lipinski definition) is 7. The average Bonchev–Trinajstić information content (AvgIpc) is 3.41. The summed E-state index contributed by atoms with van der Waals surface area (Å²) in [6, 6.07) is 29.1. The van der Waals surface area contributed by atoms with Crippen molar-refractivity contribution in [2.24, 2.45) is 0 Å². The molecule has 2 fully saturated rings. The van der Waals surface area contributed by atoms with Crippen LogP contribution in [-0.2, 0) is 20.6 Å². The Bertz CT molecular complexity index is 2220. The van der Waals surface area contributed by atoms with Gasteiger partial charge in [-0.1, -0.05) is 60.7 Å². The highest BCUT2D eigenvalue weighted by Gasteiger charge is 2.42. The highest BCUT2D eigenvalue weighted by atomic mass is 16.6. The molecule has 2 saturated carbocycles. The van der Waals surface area contributed by atoms with E-state index < -0.39 is 34.5 Å². The Balaban J connectivity index is 1.23. The number of anilines is 2. The third-order valence-corrected chi connectivity index (χ3v) is 10.6. The van der Waals surface area contributed by atoms with Gasteiger partial charge in [-0.3, -0.25) is 4.57 Å². The molecule has 3 aromatic carbocycles. The fourth-order valence-electron chi connectivity index (χ4n) is 7.82. The lowest BCUT2D eigenvalue weighted by atomic mass is 9.71. The van der Waals surface area contributed by atoms with E-state index in [0.717, 1.165) is 101 Å². The van der Waals surface area contributed by atoms with Gasteiger partial charge in [0.1, 0.15) is 17.0 Å². The highest BCUT2D eigenvalue weighted by molar-refractivity contribution is 5.91. The second-order valence-electron chi connectivity index (χ2n) is 16.8. The van der Waals surface area contributed by atoms with Crippen LogP contribution in [-0.4, -0.2) is 37.9 Å². The maximum Gasteiger partial charge on any atom is 0.408 e. The summed E-state index contributed by atoms with van der Waals surface area (Å²) in [5.41, 5.74) is 6.41. The van der Waals surface area contributed by atoms with E-state index in [4.69, 9.17) is 19.4 Å². The van der Waals surface area contributed by atoms with Crippen molar-refractivity contribution < 1.29 is 19.1 Å². The molecule has 3 aliphatic rings. The number of amides is 2. The molecule has 1 aliphatic heterocycles. The number of imidazole rings is 1. The van der Waals surface area contributed by atoms with Gasteiger partial charge >= 0.3 is 12.2 Å². The molecular formula is C44H48N6O4. The third-order valence-electron chi connectivity index (χ3n) is 10.6. The van der Waals surface area contributed by atoms with Crippen molar-refractivity contribution in [2.45, 2.75) is 102 Å². The number of aromatic nitrogens is 3. The van der Waals surface area contributed by atoms with Crippen LogP contribution in [0.2, 0.25) is 0 Å². The number of hydrogen-bond donors (Lipinski definition) is 3. The van der Waals surface area contributed by atoms with E-state index in [9.17, 15) is 9.59 Å². The molecule has 54 heavy (non-hydrogen) atoms. The number of carbonyl (C=O) groups excluding carboxylic acids is 2. The summed E-state index contributed by atoms with van der Waals surface area (Å²) >= 11 is 0. The van der Waals surface area contributed by atoms with Crippen molar-refractivity contribution in [2.75, 3.05) is 5.32 Å². The summed E-state index contributed by atoms with van der Waals surface area (Å²) in [5, 5.41) is 9.94. The lowest BCUT2D eigenvalue weighted by Crippen LogP contribution is -2.52. The minimum atomic E-state index is -0.584. The minimum Gasteiger partial charge on any atom is -0.444 e. The maximum absolute atomic E-state index is 12.9. The van der Waals surface area contributed by atoms with E-state index in [0.29, 0.717) is 0 Å². The Hall–Kier alpha value is -5.64. The first-order valence-corrected chi connectivity index (χ1v) is 18.9. The van der Waals surface area contributed by atoms with Gasteiger partial charge in [0.25, 0.3) is 0 Å². The van der Waals surface area contributed by atoms with E-state index >= 15 is 0 Å². The number of alkyl carbamates (subject to hydrolysis) is 2. The summed E-state index contributed by atoms with van der Waals surface area (Å²) in [5.74, 6) is 1.53. The molecule has 3 N–H and O–H groups in total. The van der Waals surface area contributed by atoms with Crippen LogP contribution in [0.3, 0.4) is 0 Å². The van der Waals surface area contributed by atoms with E-state index in [2.05, 4.69) is 81.2 Å². The molecule has 10 heteroatoms. The standard InChI is InChI=1S/C44H48N6O4/c1-41(2,3)53-39(51)48-43(23-10-24-43)30-19-15-28(16-20-30)35-36(29-17-21-31(22-18-29)44(25-11-26-44)49-40(52)54-42(4,5)6)50-34-14-9-27-45-37(34)46-33-13-8-7-12-32(33)38(50)47-35/h7-9,12-22,27H,10-11,23-26H2,1-6H3,(H,45,46)(H,48,51)(H,49,52). The first-order chi connectivity index (χ1) is 25.7. The summed E-state index contributed by atoms with van der Waals surface area (Å²) in [6.07, 6.45) is 6.42. The van der Waals surface area contributed by atoms with Gasteiger partial charge in [-0.05, 0) is 115 Å². The molecule has 278 valence electrons. The van der Waals surface area contributed by atoms with Gasteiger partial charge in [0.05, 0.1) is 33.8 Å². The Morgan fingerprint density at radius 1 is 0.704 bits per heavy atom. The van der Waals surface area contributed by atoms with Crippen LogP contribution >= 0.6 is 0 Å². The first-order valence-electron chi connectivity index (χ1n) is 18.9. The Labute approximate surface area is 316 Å². The van der Waals surface area contributed by atoms with Gasteiger partial charge in [0, 0.05) is 22.9 Å². The summed E-state index contributed by atoms with van der Waals surface area (Å²) in [7, 11) is 0. The predicted molar refractivity (Wildman–Crippen MR) is 211 cm³/mol. The van der Waals surface area contributed by atoms with Crippen LogP contribution in [0.1, 0.15) is 91.2 Å². The third kappa shape index (κ3) is 6.58. The molecular weight excluding hydrogens is 677 g/mol. The van der Waals surface area contributed by atoms with Crippen molar-refractivity contribution >= 4 is 23.7 Å². The number of para-hydroxylation sites is 1. The number of fused-ring (bicyclic) bond motifs is 5. The fourth-order valence-corrected chi connectivity index (χ4v) is 7.82. The summed E-state index contributed by atoms with van der Waals surface area (Å²) in [4.78, 5) is 36.0. The lowest BCUT2D eigenvalue weighted by Gasteiger charge is -2.43. The number of carbonyl (C=O) groups is 2. The quantitative estimate of drug-likeness (QED) is 0.156. The molecule has 0 spiro atoms. The van der Waals surface area contributed by atoms with E-state index in [1.807, 2.05) is 65.8 Å². The van der Waals surface area contributed by atoms with Gasteiger partial charge in [-0.15, -0.1) is 0 Å². The number of benzene rings is 3. The molecule has 10 nitrogen and oxygen atoms in total. The molecule has 0 unspecified atom stereocenters. The number of nitrogens with zero attached hydrogens (tertiary/aromatic N) is 3. The van der Waals surface area contributed by atoms with Gasteiger partial charge in [-0.2, -0.15) is 0 Å². The molecule has 2 aromatic heterocycles. The van der Waals surface area contributed by atoms with Crippen LogP contribution in [0, 0.1) is 0 Å². The Morgan fingerprint density at radius 2 is 1.24 bits per heavy atom. The SMILES string of the molecule is CC(C)(C)OC(=O)NC1(c2ccc(-c3nc4n(c3-c3ccc(C5(NC(=O)OC(C)(C)C)CCC5)cc3)-c3cccnc3Nc3ccccc3-4)cc2)CCC1. The van der Waals surface area contributed by atoms with Crippen molar-refractivity contribution in [1.29, 1.82) is 0 Å². The van der Waals surface area contributed by atoms with E-state index in [-0.39, 0.29) is 0 Å². The van der Waals surface area contributed by atoms with Crippen molar-refractivity contribution in [3.63, 3.8) is 0 Å². The fraction of sp³-hybridized carbons (Fsp3) is 0.364. The normalized spacial score (nSPS) is 16.5. The Kier molecular flexibility index (Phi) is 8.54. The largest absolute Gasteiger partial charge is 0.444 e. The van der Waals surface area contributed by atoms with Crippen LogP contribution < -0.4 is 16.0 Å². The molecule has 0 radical (unpaired) electrons. The van der Waals surface area contributed by atoms with Crippen molar-refractivity contribution in [3.8, 4) is 39.6 Å². The van der Waals surface area contributed by atoms with E-state index in [1.165, 1.54) is 0 Å². The van der Waals surface area contributed by atoms with Gasteiger partial charge in [0.2, 0.25) is 0 Å². The molecule has 3 heterocycles. The molecule has 5 aromatic rings. The molecule has 8 rings (SSSR count). The number of rotatable bonds is 6. The second-order valence-corrected chi connectivity index (χ2v) is 16.8. The predicted octanol–water partition coefficient (Wildman–Crippen LogP) is 10.1. The van der Waals surface area contributed by atoms with Crippen LogP contribution in [0.5, 0.6) is 0 Å². The topological polar surface area (TPSA) is 119 Å². The van der Waals surface area contributed by atoms with Gasteiger partial charge < -0.3 is 25.4 Å². The summed E-state index contributed by atoms with van der Waals surface area (Å²) < 4.78 is 13.5. The van der Waals surface area contributed by atoms with Crippen LogP contribution in [0.25, 0.3) is 39.6 Å². The second kappa shape index (κ2) is 13.0. The summed E-state index contributed by atoms with van der Waals surface area (Å²) in [6.45, 7) is 11.3. The van der Waals surface area contributed by atoms with E-state index in [1.54, 1.807) is 6.20 Å². The zero-order chi connectivity index (χ0) is 37.9. The number of ether oxygens (including phenoxy) is 2. The van der Waals surface area contributed by atoms with Crippen molar-refractivity contribution in [1.82, 2.24) is 25.2 Å². The molecule has 2 aliphatic carbocycles. The van der Waals surface area contributed by atoms with Gasteiger partial charge in [-0.25, -0.2) is 19.6 Å². The smallest absolute Gasteiger partial charge is 0.408 e. The Morgan fingerprint density at radius 3 is 1.76 bits per heavy atom. The molecule has 2 amide bonds. The van der Waals surface area contributed by atoms with Crippen LogP contribution in [0.4, 0.5) is 21.1 Å². The number of pyridine rings is 1. The monoisotopic (exact) mass is 724 g/mol. The first kappa shape index (κ1) is 35.4. The average molecular weight is 725 g/mol. The zero-order valence-corrected chi connectivity index (χ0v) is 31.9. The minimum absolute atomic E-state index is 0.403. The van der Waals surface area contributed by atoms with Gasteiger partial charge in [0.15, 0.2) is 5.82 Å². The molecule has 0 bridgehead atoms. The number of nitrogens with one attached hydrogen (secondary N) is 3. The van der Waals surface area contributed by atoms with Crippen molar-refractivity contribution in [3.05, 3.63) is 102 Å². The van der Waals surface area contributed by atoms with Crippen LogP contribution in [0.15, 0.2) is 91.1 Å². The lowest BCUT2D eigenvalue weighted by molar-refractivity contribution is 0.0365. The zero-order valence-electron chi connectivity index (χ0n) is 31.9. The maximum atomic E-state index is 12.9. The highest BCUT2D eigenvalue weighted by Crippen LogP contribution is 2.47. The molecule has 0 saturated heterocycles.